The highest BCUT2D eigenvalue weighted by molar-refractivity contribution is 6.30. The van der Waals surface area contributed by atoms with Crippen molar-refractivity contribution < 1.29 is 0 Å². The Morgan fingerprint density at radius 2 is 1.95 bits per heavy atom. The summed E-state index contributed by atoms with van der Waals surface area (Å²) in [6, 6.07) is 15.7. The van der Waals surface area contributed by atoms with Gasteiger partial charge in [0.15, 0.2) is 0 Å². The maximum absolute atomic E-state index is 8.95. The molecule has 0 bridgehead atoms. The minimum Gasteiger partial charge on any atom is -0.382 e. The number of nitrogens with zero attached hydrogens (tertiary/aromatic N) is 2. The molecule has 0 fully saturated rings. The number of halogens is 1. The van der Waals surface area contributed by atoms with E-state index in [-0.39, 0.29) is 0 Å². The van der Waals surface area contributed by atoms with E-state index >= 15 is 0 Å². The van der Waals surface area contributed by atoms with Gasteiger partial charge in [0.05, 0.1) is 23.0 Å². The minimum absolute atomic E-state index is 0.671. The first-order valence-corrected chi connectivity index (χ1v) is 6.47. The number of anilines is 3. The van der Waals surface area contributed by atoms with Crippen molar-refractivity contribution in [2.24, 2.45) is 0 Å². The lowest BCUT2D eigenvalue weighted by molar-refractivity contribution is 0.926. The molecule has 0 amide bonds. The highest BCUT2D eigenvalue weighted by atomic mass is 35.5. The fourth-order valence-corrected chi connectivity index (χ4v) is 2.42. The third-order valence-corrected chi connectivity index (χ3v) is 3.46. The molecule has 94 valence electrons. The summed E-state index contributed by atoms with van der Waals surface area (Å²) >= 11 is 5.92. The maximum atomic E-state index is 8.95. The van der Waals surface area contributed by atoms with Gasteiger partial charge in [-0.25, -0.2) is 0 Å². The molecule has 2 aromatic rings. The third-order valence-electron chi connectivity index (χ3n) is 3.21. The Bertz CT molecular complexity index is 643. The Hall–Kier alpha value is -2.18. The van der Waals surface area contributed by atoms with Crippen molar-refractivity contribution in [1.29, 1.82) is 5.26 Å². The lowest BCUT2D eigenvalue weighted by atomic mass is 10.1. The monoisotopic (exact) mass is 269 g/mol. The summed E-state index contributed by atoms with van der Waals surface area (Å²) in [6.45, 7) is 1.74. The largest absolute Gasteiger partial charge is 0.382 e. The highest BCUT2D eigenvalue weighted by Gasteiger charge is 2.18. The minimum atomic E-state index is 0.671. The van der Waals surface area contributed by atoms with Crippen LogP contribution in [0.4, 0.5) is 17.1 Å². The zero-order valence-electron chi connectivity index (χ0n) is 10.2. The van der Waals surface area contributed by atoms with Gasteiger partial charge in [0.25, 0.3) is 0 Å². The van der Waals surface area contributed by atoms with Crippen molar-refractivity contribution in [2.75, 3.05) is 23.3 Å². The third kappa shape index (κ3) is 2.23. The van der Waals surface area contributed by atoms with Crippen LogP contribution in [-0.4, -0.2) is 13.1 Å². The predicted octanol–water partition coefficient (Wildman–Crippen LogP) is 3.78. The normalized spacial score (nSPS) is 13.4. The molecule has 19 heavy (non-hydrogen) atoms. The van der Waals surface area contributed by atoms with E-state index in [4.69, 9.17) is 16.9 Å². The van der Waals surface area contributed by atoms with E-state index in [9.17, 15) is 0 Å². The summed E-state index contributed by atoms with van der Waals surface area (Å²) in [5, 5.41) is 13.0. The molecule has 0 radical (unpaired) electrons. The molecule has 0 saturated carbocycles. The van der Waals surface area contributed by atoms with Crippen LogP contribution in [0.2, 0.25) is 5.02 Å². The van der Waals surface area contributed by atoms with E-state index in [1.807, 2.05) is 42.5 Å². The molecule has 1 aliphatic rings. The van der Waals surface area contributed by atoms with E-state index in [1.165, 1.54) is 0 Å². The highest BCUT2D eigenvalue weighted by Crippen LogP contribution is 2.35. The Labute approximate surface area is 117 Å². The topological polar surface area (TPSA) is 39.1 Å². The van der Waals surface area contributed by atoms with Crippen molar-refractivity contribution in [3.63, 3.8) is 0 Å². The molecule has 0 saturated heterocycles. The van der Waals surface area contributed by atoms with Gasteiger partial charge in [-0.05, 0) is 42.5 Å². The van der Waals surface area contributed by atoms with Crippen molar-refractivity contribution in [3.8, 4) is 6.07 Å². The second-order valence-corrected chi connectivity index (χ2v) is 4.83. The molecule has 1 N–H and O–H groups in total. The summed E-state index contributed by atoms with van der Waals surface area (Å²) in [5.74, 6) is 0. The van der Waals surface area contributed by atoms with Gasteiger partial charge in [0, 0.05) is 23.8 Å². The van der Waals surface area contributed by atoms with Gasteiger partial charge >= 0.3 is 0 Å². The van der Waals surface area contributed by atoms with Crippen LogP contribution in [-0.2, 0) is 0 Å². The van der Waals surface area contributed by atoms with Crippen LogP contribution >= 0.6 is 11.6 Å². The van der Waals surface area contributed by atoms with Crippen LogP contribution < -0.4 is 10.2 Å². The van der Waals surface area contributed by atoms with Crippen LogP contribution in [0.1, 0.15) is 5.56 Å². The maximum Gasteiger partial charge on any atom is 0.0992 e. The van der Waals surface area contributed by atoms with E-state index in [1.54, 1.807) is 0 Å². The zero-order chi connectivity index (χ0) is 13.2. The molecular formula is C15H12ClN3. The number of fused-ring (bicyclic) bond motifs is 1. The van der Waals surface area contributed by atoms with Gasteiger partial charge in [0.2, 0.25) is 0 Å². The Kier molecular flexibility index (Phi) is 3.02. The molecule has 4 heteroatoms. The Morgan fingerprint density at radius 1 is 1.16 bits per heavy atom. The molecule has 0 spiro atoms. The van der Waals surface area contributed by atoms with Crippen molar-refractivity contribution in [3.05, 3.63) is 53.1 Å². The number of benzene rings is 2. The van der Waals surface area contributed by atoms with Gasteiger partial charge in [-0.1, -0.05) is 11.6 Å². The van der Waals surface area contributed by atoms with E-state index in [0.717, 1.165) is 35.2 Å². The Morgan fingerprint density at radius 3 is 2.68 bits per heavy atom. The molecule has 2 aromatic carbocycles. The average Bonchev–Trinajstić information content (AvgIpc) is 2.47. The number of hydrogen-bond acceptors (Lipinski definition) is 3. The first-order valence-electron chi connectivity index (χ1n) is 6.09. The summed E-state index contributed by atoms with van der Waals surface area (Å²) in [5.41, 5.74) is 3.87. The van der Waals surface area contributed by atoms with Crippen LogP contribution in [0, 0.1) is 11.3 Å². The molecule has 3 rings (SSSR count). The number of rotatable bonds is 1. The van der Waals surface area contributed by atoms with Gasteiger partial charge < -0.3 is 10.2 Å². The molecule has 0 unspecified atom stereocenters. The second kappa shape index (κ2) is 4.83. The summed E-state index contributed by atoms with van der Waals surface area (Å²) in [4.78, 5) is 2.23. The SMILES string of the molecule is N#Cc1ccc2c(c1)NCCN2c1ccc(Cl)cc1. The van der Waals surface area contributed by atoms with Crippen molar-refractivity contribution in [2.45, 2.75) is 0 Å². The van der Waals surface area contributed by atoms with Crippen LogP contribution in [0.15, 0.2) is 42.5 Å². The summed E-state index contributed by atoms with van der Waals surface area (Å²) < 4.78 is 0. The number of nitriles is 1. The summed E-state index contributed by atoms with van der Waals surface area (Å²) in [6.07, 6.45) is 0. The Balaban J connectivity index is 2.03. The molecule has 3 nitrogen and oxygen atoms in total. The zero-order valence-corrected chi connectivity index (χ0v) is 11.0. The molecule has 0 aromatic heterocycles. The smallest absolute Gasteiger partial charge is 0.0992 e. The first kappa shape index (κ1) is 11.9. The van der Waals surface area contributed by atoms with E-state index in [2.05, 4.69) is 16.3 Å². The van der Waals surface area contributed by atoms with Crippen LogP contribution in [0.5, 0.6) is 0 Å². The standard InChI is InChI=1S/C15H12ClN3/c16-12-2-4-13(5-3-12)19-8-7-18-14-9-11(10-17)1-6-15(14)19/h1-6,9,18H,7-8H2. The first-order chi connectivity index (χ1) is 9.28. The second-order valence-electron chi connectivity index (χ2n) is 4.40. The molecule has 1 heterocycles. The molecule has 1 aliphatic heterocycles. The fourth-order valence-electron chi connectivity index (χ4n) is 2.29. The van der Waals surface area contributed by atoms with Gasteiger partial charge in [0.1, 0.15) is 0 Å². The van der Waals surface area contributed by atoms with E-state index in [0.29, 0.717) is 5.56 Å². The average molecular weight is 270 g/mol. The van der Waals surface area contributed by atoms with Crippen molar-refractivity contribution >= 4 is 28.7 Å². The summed E-state index contributed by atoms with van der Waals surface area (Å²) in [7, 11) is 0. The quantitative estimate of drug-likeness (QED) is 0.856. The molecule has 0 aliphatic carbocycles. The molecule has 0 atom stereocenters. The lowest BCUT2D eigenvalue weighted by Gasteiger charge is -2.32. The molecular weight excluding hydrogens is 258 g/mol. The van der Waals surface area contributed by atoms with Gasteiger partial charge in [-0.15, -0.1) is 0 Å². The van der Waals surface area contributed by atoms with Gasteiger partial charge in [-0.2, -0.15) is 5.26 Å². The number of hydrogen-bond donors (Lipinski definition) is 1. The lowest BCUT2D eigenvalue weighted by Crippen LogP contribution is -2.30. The van der Waals surface area contributed by atoms with E-state index < -0.39 is 0 Å². The van der Waals surface area contributed by atoms with Gasteiger partial charge in [-0.3, -0.25) is 0 Å². The van der Waals surface area contributed by atoms with Crippen LogP contribution in [0.3, 0.4) is 0 Å². The fraction of sp³-hybridized carbons (Fsp3) is 0.133. The van der Waals surface area contributed by atoms with Crippen LogP contribution in [0.25, 0.3) is 0 Å². The number of nitrogens with one attached hydrogen (secondary N) is 1. The predicted molar refractivity (Wildman–Crippen MR) is 78.1 cm³/mol. The van der Waals surface area contributed by atoms with Crippen molar-refractivity contribution in [1.82, 2.24) is 0 Å².